The highest BCUT2D eigenvalue weighted by Gasteiger charge is 2.44. The van der Waals surface area contributed by atoms with Crippen LogP contribution < -0.4 is 9.62 Å². The number of hydrogen-bond acceptors (Lipinski definition) is 6. The molecule has 2 fully saturated rings. The molecule has 0 saturated heterocycles. The molecule has 8 nitrogen and oxygen atoms in total. The van der Waals surface area contributed by atoms with Crippen LogP contribution >= 0.6 is 0 Å². The maximum Gasteiger partial charge on any atom is 0.212 e. The van der Waals surface area contributed by atoms with Gasteiger partial charge < -0.3 is 9.88 Å². The average molecular weight is 388 g/mol. The minimum Gasteiger partial charge on any atom is -0.356 e. The third-order valence-electron chi connectivity index (χ3n) is 5.87. The minimum absolute atomic E-state index is 0.00469. The fourth-order valence-electron chi connectivity index (χ4n) is 4.41. The predicted octanol–water partition coefficient (Wildman–Crippen LogP) is 1.78. The number of sulfonamides is 1. The van der Waals surface area contributed by atoms with Crippen molar-refractivity contribution in [2.75, 3.05) is 17.7 Å². The zero-order valence-electron chi connectivity index (χ0n) is 15.5. The summed E-state index contributed by atoms with van der Waals surface area (Å²) in [7, 11) is -1.35. The highest BCUT2D eigenvalue weighted by atomic mass is 32.2. The molecule has 0 radical (unpaired) electrons. The lowest BCUT2D eigenvalue weighted by molar-refractivity contribution is 0.139. The molecule has 4 rings (SSSR count). The summed E-state index contributed by atoms with van der Waals surface area (Å²) < 4.78 is 27.8. The largest absolute Gasteiger partial charge is 0.356 e. The number of nitriles is 1. The maximum atomic E-state index is 12.5. The average Bonchev–Trinajstić information content (AvgIpc) is 3.03. The fourth-order valence-corrected chi connectivity index (χ4v) is 6.34. The van der Waals surface area contributed by atoms with Gasteiger partial charge in [-0.05, 0) is 37.2 Å². The molecule has 2 aromatic rings. The first-order valence-corrected chi connectivity index (χ1v) is 10.8. The number of rotatable bonds is 6. The Kier molecular flexibility index (Phi) is 4.35. The Balaban J connectivity index is 1.33. The number of anilines is 1. The third kappa shape index (κ3) is 3.51. The highest BCUT2D eigenvalue weighted by molar-refractivity contribution is 7.89. The van der Waals surface area contributed by atoms with Crippen molar-refractivity contribution in [2.45, 2.75) is 44.7 Å². The van der Waals surface area contributed by atoms with Gasteiger partial charge in [-0.15, -0.1) is 0 Å². The number of nitrogens with one attached hydrogen (secondary N) is 2. The SMILES string of the molecule is CN(c1ncnc2[nH]ccc12)[C@H]1C[C@@H](NS(=O)(=O)CC2(C)CC(C#N)C2)C1. The first-order chi connectivity index (χ1) is 12.8. The number of hydrogen-bond donors (Lipinski definition) is 2. The first kappa shape index (κ1) is 18.2. The number of fused-ring (bicyclic) bond motifs is 1. The predicted molar refractivity (Wildman–Crippen MR) is 102 cm³/mol. The minimum atomic E-state index is -3.34. The smallest absolute Gasteiger partial charge is 0.212 e. The molecule has 27 heavy (non-hydrogen) atoms. The summed E-state index contributed by atoms with van der Waals surface area (Å²) in [5.41, 5.74) is 0.528. The van der Waals surface area contributed by atoms with Crippen LogP contribution in [0, 0.1) is 22.7 Å². The van der Waals surface area contributed by atoms with Gasteiger partial charge in [0, 0.05) is 31.2 Å². The van der Waals surface area contributed by atoms with Crippen LogP contribution in [0.5, 0.6) is 0 Å². The van der Waals surface area contributed by atoms with E-state index in [2.05, 4.69) is 30.6 Å². The maximum absolute atomic E-state index is 12.5. The van der Waals surface area contributed by atoms with E-state index < -0.39 is 10.0 Å². The molecule has 2 N–H and O–H groups in total. The Morgan fingerprint density at radius 1 is 1.41 bits per heavy atom. The molecule has 0 unspecified atom stereocenters. The van der Waals surface area contributed by atoms with E-state index in [-0.39, 0.29) is 29.2 Å². The first-order valence-electron chi connectivity index (χ1n) is 9.19. The van der Waals surface area contributed by atoms with E-state index in [1.807, 2.05) is 26.2 Å². The summed E-state index contributed by atoms with van der Waals surface area (Å²) in [5.74, 6) is 0.965. The Hall–Kier alpha value is -2.18. The molecular formula is C18H24N6O2S. The lowest BCUT2D eigenvalue weighted by atomic mass is 9.65. The van der Waals surface area contributed by atoms with Crippen molar-refractivity contribution in [2.24, 2.45) is 11.3 Å². The molecule has 2 saturated carbocycles. The van der Waals surface area contributed by atoms with Gasteiger partial charge in [-0.1, -0.05) is 6.92 Å². The molecule has 2 aromatic heterocycles. The van der Waals surface area contributed by atoms with Crippen molar-refractivity contribution in [1.29, 1.82) is 5.26 Å². The number of aromatic nitrogens is 3. The van der Waals surface area contributed by atoms with Crippen LogP contribution in [-0.2, 0) is 10.0 Å². The van der Waals surface area contributed by atoms with Crippen molar-refractivity contribution in [1.82, 2.24) is 19.7 Å². The van der Waals surface area contributed by atoms with Gasteiger partial charge in [-0.25, -0.2) is 23.1 Å². The van der Waals surface area contributed by atoms with E-state index in [1.54, 1.807) is 0 Å². The second-order valence-electron chi connectivity index (χ2n) is 8.29. The van der Waals surface area contributed by atoms with E-state index in [9.17, 15) is 8.42 Å². The van der Waals surface area contributed by atoms with E-state index in [0.717, 1.165) is 29.7 Å². The van der Waals surface area contributed by atoms with Gasteiger partial charge in [0.05, 0.1) is 17.2 Å². The number of H-pyrrole nitrogens is 1. The molecule has 2 aliphatic carbocycles. The van der Waals surface area contributed by atoms with E-state index in [0.29, 0.717) is 12.8 Å². The summed E-state index contributed by atoms with van der Waals surface area (Å²) in [6, 6.07) is 4.37. The zero-order chi connectivity index (χ0) is 19.2. The molecule has 2 heterocycles. The summed E-state index contributed by atoms with van der Waals surface area (Å²) in [6.07, 6.45) is 6.22. The topological polar surface area (TPSA) is 115 Å². The van der Waals surface area contributed by atoms with Gasteiger partial charge in [0.1, 0.15) is 17.8 Å². The van der Waals surface area contributed by atoms with Crippen molar-refractivity contribution in [3.05, 3.63) is 18.6 Å². The molecule has 0 bridgehead atoms. The molecule has 9 heteroatoms. The van der Waals surface area contributed by atoms with Gasteiger partial charge >= 0.3 is 0 Å². The Morgan fingerprint density at radius 2 is 2.15 bits per heavy atom. The summed E-state index contributed by atoms with van der Waals surface area (Å²) >= 11 is 0. The molecule has 0 aliphatic heterocycles. The lowest BCUT2D eigenvalue weighted by Gasteiger charge is -2.44. The summed E-state index contributed by atoms with van der Waals surface area (Å²) in [4.78, 5) is 13.8. The van der Waals surface area contributed by atoms with Crippen LogP contribution in [0.4, 0.5) is 5.82 Å². The van der Waals surface area contributed by atoms with E-state index >= 15 is 0 Å². The molecule has 2 aliphatic rings. The second-order valence-corrected chi connectivity index (χ2v) is 10.0. The third-order valence-corrected chi connectivity index (χ3v) is 7.64. The summed E-state index contributed by atoms with van der Waals surface area (Å²) in [5, 5.41) is 9.87. The van der Waals surface area contributed by atoms with Crippen LogP contribution in [0.25, 0.3) is 11.0 Å². The Labute approximate surface area is 159 Å². The molecule has 0 aromatic carbocycles. The van der Waals surface area contributed by atoms with Gasteiger partial charge in [-0.2, -0.15) is 5.26 Å². The van der Waals surface area contributed by atoms with Crippen LogP contribution in [0.15, 0.2) is 18.6 Å². The van der Waals surface area contributed by atoms with E-state index in [1.165, 1.54) is 6.33 Å². The Morgan fingerprint density at radius 3 is 2.85 bits per heavy atom. The fraction of sp³-hybridized carbons (Fsp3) is 0.611. The standard InChI is InChI=1S/C18H24N6O2S/c1-18(7-12(8-18)9-19)10-27(25,26)23-13-5-14(6-13)24(2)17-15-3-4-20-16(15)21-11-22-17/h3-4,11-14,23H,5-8,10H2,1-2H3,(H,20,21,22)/t12?,13-,14+,18?. The van der Waals surface area contributed by atoms with Crippen molar-refractivity contribution in [3.8, 4) is 6.07 Å². The van der Waals surface area contributed by atoms with Crippen LogP contribution in [0.1, 0.15) is 32.6 Å². The van der Waals surface area contributed by atoms with Crippen LogP contribution in [0.3, 0.4) is 0 Å². The molecule has 144 valence electrons. The van der Waals surface area contributed by atoms with Gasteiger partial charge in [0.2, 0.25) is 10.0 Å². The molecule has 0 spiro atoms. The zero-order valence-corrected chi connectivity index (χ0v) is 16.3. The molecular weight excluding hydrogens is 364 g/mol. The van der Waals surface area contributed by atoms with Crippen molar-refractivity contribution in [3.63, 3.8) is 0 Å². The lowest BCUT2D eigenvalue weighted by Crippen LogP contribution is -2.54. The number of aromatic amines is 1. The van der Waals surface area contributed by atoms with Gasteiger partial charge in [0.25, 0.3) is 0 Å². The molecule has 0 amide bonds. The normalized spacial score (nSPS) is 30.3. The Bertz CT molecular complexity index is 983. The van der Waals surface area contributed by atoms with Crippen LogP contribution in [0.2, 0.25) is 0 Å². The number of nitrogens with zero attached hydrogens (tertiary/aromatic N) is 4. The van der Waals surface area contributed by atoms with Gasteiger partial charge in [-0.3, -0.25) is 0 Å². The quantitative estimate of drug-likeness (QED) is 0.779. The van der Waals surface area contributed by atoms with Crippen molar-refractivity contribution >= 4 is 26.9 Å². The van der Waals surface area contributed by atoms with Crippen LogP contribution in [-0.4, -0.2) is 48.3 Å². The van der Waals surface area contributed by atoms with Crippen molar-refractivity contribution < 1.29 is 8.42 Å². The monoisotopic (exact) mass is 388 g/mol. The highest BCUT2D eigenvalue weighted by Crippen LogP contribution is 2.45. The molecule has 0 atom stereocenters. The second kappa shape index (κ2) is 6.46. The van der Waals surface area contributed by atoms with E-state index in [4.69, 9.17) is 5.26 Å². The van der Waals surface area contributed by atoms with Gasteiger partial charge in [0.15, 0.2) is 0 Å². The summed E-state index contributed by atoms with van der Waals surface area (Å²) in [6.45, 7) is 1.95.